The van der Waals surface area contributed by atoms with Gasteiger partial charge in [-0.25, -0.2) is 18.9 Å². The Hall–Kier alpha value is -3.55. The first-order chi connectivity index (χ1) is 16.5. The van der Waals surface area contributed by atoms with Gasteiger partial charge in [0, 0.05) is 50.6 Å². The number of halogens is 1. The smallest absolute Gasteiger partial charge is 0.191 e. The Morgan fingerprint density at radius 2 is 1.94 bits per heavy atom. The fraction of sp³-hybridized carbons (Fsp3) is 0.333. The number of benzene rings is 1. The maximum absolute atomic E-state index is 13.4. The molecule has 0 bridgehead atoms. The van der Waals surface area contributed by atoms with Gasteiger partial charge in [0.1, 0.15) is 34.0 Å². The van der Waals surface area contributed by atoms with E-state index in [-0.39, 0.29) is 5.82 Å². The van der Waals surface area contributed by atoms with Gasteiger partial charge in [-0.3, -0.25) is 0 Å². The summed E-state index contributed by atoms with van der Waals surface area (Å²) in [6, 6.07) is 10.4. The monoisotopic (exact) mass is 476 g/mol. The first-order valence-corrected chi connectivity index (χ1v) is 12.1. The van der Waals surface area contributed by atoms with Crippen LogP contribution >= 0.6 is 11.3 Å². The van der Waals surface area contributed by atoms with E-state index < -0.39 is 0 Å². The van der Waals surface area contributed by atoms with Crippen LogP contribution in [0, 0.1) is 24.1 Å². The number of nitrogens with zero attached hydrogens (tertiary/aromatic N) is 7. The maximum Gasteiger partial charge on any atom is 0.191 e. The van der Waals surface area contributed by atoms with Crippen LogP contribution in [0.4, 0.5) is 21.0 Å². The van der Waals surface area contributed by atoms with Crippen molar-refractivity contribution < 1.29 is 4.39 Å². The largest absolute Gasteiger partial charge is 0.354 e. The average molecular weight is 477 g/mol. The molecule has 174 valence electrons. The zero-order valence-electron chi connectivity index (χ0n) is 19.3. The Balaban J connectivity index is 1.61. The zero-order valence-corrected chi connectivity index (χ0v) is 20.2. The van der Waals surface area contributed by atoms with Crippen molar-refractivity contribution in [2.75, 3.05) is 43.0 Å². The van der Waals surface area contributed by atoms with E-state index in [1.54, 1.807) is 12.1 Å². The van der Waals surface area contributed by atoms with Crippen molar-refractivity contribution >= 4 is 33.6 Å². The Bertz CT molecular complexity index is 1380. The molecule has 10 heteroatoms. The second-order valence-electron chi connectivity index (χ2n) is 8.23. The lowest BCUT2D eigenvalue weighted by atomic mass is 10.1. The number of hydrogen-bond donors (Lipinski definition) is 1. The van der Waals surface area contributed by atoms with Gasteiger partial charge in [-0.05, 0) is 37.6 Å². The summed E-state index contributed by atoms with van der Waals surface area (Å²) in [6.45, 7) is 7.78. The van der Waals surface area contributed by atoms with Crippen LogP contribution in [0.2, 0.25) is 0 Å². The SMILES string of the molecule is CCc1nn2c(C)cc(N3CCNCC3)nc2c1N(C)c1nc(-c2ccc(F)cc2)c(C#N)s1. The summed E-state index contributed by atoms with van der Waals surface area (Å²) >= 11 is 1.31. The fourth-order valence-electron chi connectivity index (χ4n) is 4.24. The second kappa shape index (κ2) is 9.00. The maximum atomic E-state index is 13.4. The van der Waals surface area contributed by atoms with Gasteiger partial charge in [0.05, 0.1) is 5.69 Å². The van der Waals surface area contributed by atoms with Crippen LogP contribution in [-0.4, -0.2) is 52.8 Å². The molecule has 1 fully saturated rings. The van der Waals surface area contributed by atoms with Crippen LogP contribution in [0.15, 0.2) is 30.3 Å². The summed E-state index contributed by atoms with van der Waals surface area (Å²) in [7, 11) is 1.93. The molecule has 1 aromatic carbocycles. The number of aryl methyl sites for hydroxylation is 2. The molecule has 0 unspecified atom stereocenters. The first kappa shape index (κ1) is 22.3. The van der Waals surface area contributed by atoms with E-state index in [4.69, 9.17) is 15.1 Å². The highest BCUT2D eigenvalue weighted by atomic mass is 32.1. The predicted molar refractivity (Wildman–Crippen MR) is 132 cm³/mol. The summed E-state index contributed by atoms with van der Waals surface area (Å²) in [5.41, 5.74) is 4.83. The Morgan fingerprint density at radius 3 is 2.62 bits per heavy atom. The topological polar surface area (TPSA) is 85.4 Å². The molecule has 0 spiro atoms. The van der Waals surface area contributed by atoms with Crippen LogP contribution in [0.3, 0.4) is 0 Å². The van der Waals surface area contributed by atoms with Gasteiger partial charge in [-0.2, -0.15) is 10.4 Å². The molecule has 3 aromatic heterocycles. The second-order valence-corrected chi connectivity index (χ2v) is 9.21. The fourth-order valence-corrected chi connectivity index (χ4v) is 5.10. The third-order valence-electron chi connectivity index (χ3n) is 6.03. The molecule has 1 saturated heterocycles. The van der Waals surface area contributed by atoms with E-state index in [0.29, 0.717) is 21.3 Å². The normalized spacial score (nSPS) is 13.9. The van der Waals surface area contributed by atoms with Gasteiger partial charge in [-0.1, -0.05) is 18.3 Å². The van der Waals surface area contributed by atoms with Crippen molar-refractivity contribution in [3.63, 3.8) is 0 Å². The summed E-state index contributed by atoms with van der Waals surface area (Å²) in [5.74, 6) is 0.614. The highest BCUT2D eigenvalue weighted by Gasteiger charge is 2.24. The number of nitrogens with one attached hydrogen (secondary N) is 1. The van der Waals surface area contributed by atoms with Gasteiger partial charge in [-0.15, -0.1) is 0 Å². The minimum absolute atomic E-state index is 0.324. The molecular weight excluding hydrogens is 451 g/mol. The minimum atomic E-state index is -0.324. The molecule has 4 heterocycles. The lowest BCUT2D eigenvalue weighted by Gasteiger charge is -2.28. The van der Waals surface area contributed by atoms with Gasteiger partial charge in [0.15, 0.2) is 10.8 Å². The molecule has 1 aliphatic rings. The molecule has 1 N–H and O–H groups in total. The molecule has 8 nitrogen and oxygen atoms in total. The number of nitriles is 1. The molecule has 0 radical (unpaired) electrons. The number of rotatable bonds is 5. The van der Waals surface area contributed by atoms with Crippen LogP contribution < -0.4 is 15.1 Å². The first-order valence-electron chi connectivity index (χ1n) is 11.3. The summed E-state index contributed by atoms with van der Waals surface area (Å²) < 4.78 is 15.3. The van der Waals surface area contributed by atoms with E-state index in [1.165, 1.54) is 23.5 Å². The number of piperazine rings is 1. The van der Waals surface area contributed by atoms with Gasteiger partial charge in [0.25, 0.3) is 0 Å². The molecule has 1 aliphatic heterocycles. The number of anilines is 3. The lowest BCUT2D eigenvalue weighted by molar-refractivity contribution is 0.584. The van der Waals surface area contributed by atoms with Crippen molar-refractivity contribution in [2.45, 2.75) is 20.3 Å². The van der Waals surface area contributed by atoms with E-state index in [9.17, 15) is 9.65 Å². The van der Waals surface area contributed by atoms with Gasteiger partial charge < -0.3 is 15.1 Å². The standard InChI is InChI=1S/C24H25FN8S/c1-4-18-22(23-28-20(13-15(2)33(23)30-18)32-11-9-27-10-12-32)31(3)24-29-21(19(14-26)34-24)16-5-7-17(25)8-6-16/h5-8,13,27H,4,9-12H2,1-3H3. The molecule has 5 rings (SSSR count). The minimum Gasteiger partial charge on any atom is -0.354 e. The number of thiazole rings is 1. The molecule has 34 heavy (non-hydrogen) atoms. The lowest BCUT2D eigenvalue weighted by Crippen LogP contribution is -2.44. The van der Waals surface area contributed by atoms with Crippen LogP contribution in [0.5, 0.6) is 0 Å². The highest BCUT2D eigenvalue weighted by molar-refractivity contribution is 7.16. The molecule has 4 aromatic rings. The number of fused-ring (bicyclic) bond motifs is 1. The highest BCUT2D eigenvalue weighted by Crippen LogP contribution is 2.38. The number of hydrogen-bond acceptors (Lipinski definition) is 8. The summed E-state index contributed by atoms with van der Waals surface area (Å²) in [6.07, 6.45) is 0.729. The van der Waals surface area contributed by atoms with Crippen LogP contribution in [0.1, 0.15) is 23.2 Å². The molecule has 0 amide bonds. The van der Waals surface area contributed by atoms with Crippen molar-refractivity contribution in [3.8, 4) is 17.3 Å². The Labute approximate surface area is 201 Å². The Kier molecular flexibility index (Phi) is 5.89. The van der Waals surface area contributed by atoms with Crippen molar-refractivity contribution in [1.82, 2.24) is 24.9 Å². The summed E-state index contributed by atoms with van der Waals surface area (Å²) in [4.78, 5) is 14.5. The van der Waals surface area contributed by atoms with Crippen LogP contribution in [-0.2, 0) is 6.42 Å². The van der Waals surface area contributed by atoms with Crippen molar-refractivity contribution in [3.05, 3.63) is 52.4 Å². The van der Waals surface area contributed by atoms with Crippen molar-refractivity contribution in [2.24, 2.45) is 0 Å². The quantitative estimate of drug-likeness (QED) is 0.467. The molecule has 0 atom stereocenters. The van der Waals surface area contributed by atoms with Gasteiger partial charge >= 0.3 is 0 Å². The van der Waals surface area contributed by atoms with E-state index in [1.807, 2.05) is 23.4 Å². The molecular formula is C24H25FN8S. The van der Waals surface area contributed by atoms with Crippen LogP contribution in [0.25, 0.3) is 16.9 Å². The number of aromatic nitrogens is 4. The van der Waals surface area contributed by atoms with E-state index in [0.717, 1.165) is 61.1 Å². The predicted octanol–water partition coefficient (Wildman–Crippen LogP) is 3.91. The third-order valence-corrected chi connectivity index (χ3v) is 7.07. The van der Waals surface area contributed by atoms with E-state index in [2.05, 4.69) is 29.3 Å². The van der Waals surface area contributed by atoms with E-state index >= 15 is 0 Å². The van der Waals surface area contributed by atoms with Crippen molar-refractivity contribution in [1.29, 1.82) is 5.26 Å². The molecule has 0 saturated carbocycles. The third kappa shape index (κ3) is 3.87. The zero-order chi connectivity index (χ0) is 23.8. The molecule has 0 aliphatic carbocycles. The van der Waals surface area contributed by atoms with Gasteiger partial charge in [0.2, 0.25) is 0 Å². The average Bonchev–Trinajstić information content (AvgIpc) is 3.46. The summed E-state index contributed by atoms with van der Waals surface area (Å²) in [5, 5.41) is 18.6. The Morgan fingerprint density at radius 1 is 1.21 bits per heavy atom.